The van der Waals surface area contributed by atoms with E-state index >= 15 is 0 Å². The largest absolute Gasteiger partial charge is 0.389 e. The van der Waals surface area contributed by atoms with E-state index in [1.54, 1.807) is 0 Å². The van der Waals surface area contributed by atoms with Crippen molar-refractivity contribution in [2.75, 3.05) is 13.2 Å². The SMILES string of the molecule is CCC(CC)(CC)NCC(O)COC1CCC(C)CC1. The number of aliphatic hydroxyl groups excluding tert-OH is 1. The standard InChI is InChI=1S/C17H35NO2/c1-5-17(6-2,7-3)18-12-15(19)13-20-16-10-8-14(4)9-11-16/h14-16,18-19H,5-13H2,1-4H3. The molecule has 1 unspecified atom stereocenters. The van der Waals surface area contributed by atoms with E-state index in [4.69, 9.17) is 4.74 Å². The summed E-state index contributed by atoms with van der Waals surface area (Å²) >= 11 is 0. The van der Waals surface area contributed by atoms with Gasteiger partial charge in [0.2, 0.25) is 0 Å². The molecule has 0 heterocycles. The molecule has 0 amide bonds. The Balaban J connectivity index is 2.21. The van der Waals surface area contributed by atoms with Crippen LogP contribution in [0, 0.1) is 5.92 Å². The van der Waals surface area contributed by atoms with Crippen LogP contribution in [0.1, 0.15) is 72.6 Å². The Hall–Kier alpha value is -0.120. The lowest BCUT2D eigenvalue weighted by molar-refractivity contribution is -0.0299. The van der Waals surface area contributed by atoms with Crippen LogP contribution >= 0.6 is 0 Å². The first-order chi connectivity index (χ1) is 9.55. The van der Waals surface area contributed by atoms with Gasteiger partial charge in [0.25, 0.3) is 0 Å². The van der Waals surface area contributed by atoms with Crippen molar-refractivity contribution >= 4 is 0 Å². The van der Waals surface area contributed by atoms with Crippen LogP contribution in [0.25, 0.3) is 0 Å². The molecule has 1 saturated carbocycles. The summed E-state index contributed by atoms with van der Waals surface area (Å²) in [5, 5.41) is 13.6. The van der Waals surface area contributed by atoms with Crippen LogP contribution in [0.5, 0.6) is 0 Å². The average molecular weight is 285 g/mol. The van der Waals surface area contributed by atoms with Crippen LogP contribution in [-0.4, -0.2) is 36.0 Å². The Bertz CT molecular complexity index is 237. The summed E-state index contributed by atoms with van der Waals surface area (Å²) in [6.07, 6.45) is 8.14. The zero-order valence-electron chi connectivity index (χ0n) is 14.0. The van der Waals surface area contributed by atoms with E-state index in [0.717, 1.165) is 38.0 Å². The number of ether oxygens (including phenoxy) is 1. The van der Waals surface area contributed by atoms with Crippen molar-refractivity contribution in [2.45, 2.75) is 90.4 Å². The summed E-state index contributed by atoms with van der Waals surface area (Å²) in [7, 11) is 0. The molecular formula is C17H35NO2. The number of rotatable bonds is 9. The van der Waals surface area contributed by atoms with Crippen molar-refractivity contribution in [3.63, 3.8) is 0 Å². The van der Waals surface area contributed by atoms with Gasteiger partial charge >= 0.3 is 0 Å². The maximum atomic E-state index is 10.1. The highest BCUT2D eigenvalue weighted by molar-refractivity contribution is 4.84. The molecule has 0 aromatic heterocycles. The van der Waals surface area contributed by atoms with Gasteiger partial charge in [-0.2, -0.15) is 0 Å². The van der Waals surface area contributed by atoms with E-state index < -0.39 is 6.10 Å². The Morgan fingerprint density at radius 2 is 1.65 bits per heavy atom. The summed E-state index contributed by atoms with van der Waals surface area (Å²) in [5.74, 6) is 0.848. The number of hydrogen-bond donors (Lipinski definition) is 2. The summed E-state index contributed by atoms with van der Waals surface area (Å²) < 4.78 is 5.87. The number of hydrogen-bond acceptors (Lipinski definition) is 3. The van der Waals surface area contributed by atoms with Crippen molar-refractivity contribution in [1.82, 2.24) is 5.32 Å². The molecule has 120 valence electrons. The normalized spacial score (nSPS) is 25.6. The second kappa shape index (κ2) is 9.01. The van der Waals surface area contributed by atoms with Gasteiger partial charge < -0.3 is 15.2 Å². The van der Waals surface area contributed by atoms with Crippen LogP contribution in [0.15, 0.2) is 0 Å². The van der Waals surface area contributed by atoms with Crippen LogP contribution in [0.3, 0.4) is 0 Å². The Kier molecular flexibility index (Phi) is 8.08. The highest BCUT2D eigenvalue weighted by Gasteiger charge is 2.24. The first-order valence-electron chi connectivity index (χ1n) is 8.59. The molecule has 0 spiro atoms. The fourth-order valence-corrected chi connectivity index (χ4v) is 3.16. The molecule has 1 atom stereocenters. The third-order valence-corrected chi connectivity index (χ3v) is 5.23. The zero-order valence-corrected chi connectivity index (χ0v) is 14.0. The highest BCUT2D eigenvalue weighted by atomic mass is 16.5. The van der Waals surface area contributed by atoms with E-state index in [2.05, 4.69) is 33.0 Å². The van der Waals surface area contributed by atoms with Crippen molar-refractivity contribution in [2.24, 2.45) is 5.92 Å². The fourth-order valence-electron chi connectivity index (χ4n) is 3.16. The lowest BCUT2D eigenvalue weighted by atomic mass is 9.89. The molecule has 0 bridgehead atoms. The van der Waals surface area contributed by atoms with E-state index in [-0.39, 0.29) is 5.54 Å². The number of aliphatic hydroxyl groups is 1. The molecule has 3 heteroatoms. The third kappa shape index (κ3) is 5.71. The van der Waals surface area contributed by atoms with Crippen molar-refractivity contribution in [3.05, 3.63) is 0 Å². The van der Waals surface area contributed by atoms with Gasteiger partial charge in [0.05, 0.1) is 18.8 Å². The summed E-state index contributed by atoms with van der Waals surface area (Å²) in [5.41, 5.74) is 0.182. The topological polar surface area (TPSA) is 41.5 Å². The van der Waals surface area contributed by atoms with Crippen LogP contribution in [-0.2, 0) is 4.74 Å². The van der Waals surface area contributed by atoms with Gasteiger partial charge in [-0.15, -0.1) is 0 Å². The van der Waals surface area contributed by atoms with Gasteiger partial charge in [0, 0.05) is 12.1 Å². The molecule has 0 aromatic rings. The molecule has 20 heavy (non-hydrogen) atoms. The molecule has 3 nitrogen and oxygen atoms in total. The minimum absolute atomic E-state index is 0.182. The number of nitrogens with one attached hydrogen (secondary N) is 1. The predicted octanol–water partition coefficient (Wildman–Crippen LogP) is 3.50. The fraction of sp³-hybridized carbons (Fsp3) is 1.00. The minimum atomic E-state index is -0.390. The predicted molar refractivity (Wildman–Crippen MR) is 85.0 cm³/mol. The molecule has 2 N–H and O–H groups in total. The summed E-state index contributed by atoms with van der Waals surface area (Å²) in [4.78, 5) is 0. The maximum absolute atomic E-state index is 10.1. The average Bonchev–Trinajstić information content (AvgIpc) is 2.48. The zero-order chi connectivity index (χ0) is 15.0. The Morgan fingerprint density at radius 3 is 2.15 bits per heavy atom. The first-order valence-corrected chi connectivity index (χ1v) is 8.59. The van der Waals surface area contributed by atoms with E-state index in [9.17, 15) is 5.11 Å². The van der Waals surface area contributed by atoms with E-state index in [1.165, 1.54) is 12.8 Å². The molecule has 0 saturated heterocycles. The Labute approximate surface area is 125 Å². The van der Waals surface area contributed by atoms with Gasteiger partial charge in [-0.05, 0) is 50.9 Å². The highest BCUT2D eigenvalue weighted by Crippen LogP contribution is 2.25. The van der Waals surface area contributed by atoms with Gasteiger partial charge in [0.1, 0.15) is 0 Å². The molecule has 0 aromatic carbocycles. The lowest BCUT2D eigenvalue weighted by Gasteiger charge is -2.33. The molecule has 0 radical (unpaired) electrons. The number of β-amino-alcohol motifs (C(OH)–C–C–N with tert-alkyl or cyclic N) is 1. The van der Waals surface area contributed by atoms with Gasteiger partial charge in [0.15, 0.2) is 0 Å². The summed E-state index contributed by atoms with van der Waals surface area (Å²) in [6, 6.07) is 0. The van der Waals surface area contributed by atoms with E-state index in [0.29, 0.717) is 19.3 Å². The van der Waals surface area contributed by atoms with Crippen LogP contribution in [0.4, 0.5) is 0 Å². The third-order valence-electron chi connectivity index (χ3n) is 5.23. The maximum Gasteiger partial charge on any atom is 0.0898 e. The lowest BCUT2D eigenvalue weighted by Crippen LogP contribution is -2.47. The molecule has 1 rings (SSSR count). The monoisotopic (exact) mass is 285 g/mol. The Morgan fingerprint density at radius 1 is 1.10 bits per heavy atom. The van der Waals surface area contributed by atoms with Gasteiger partial charge in [-0.1, -0.05) is 27.7 Å². The molecule has 0 aliphatic heterocycles. The molecule has 1 aliphatic carbocycles. The van der Waals surface area contributed by atoms with Crippen molar-refractivity contribution in [1.29, 1.82) is 0 Å². The van der Waals surface area contributed by atoms with Gasteiger partial charge in [-0.25, -0.2) is 0 Å². The second-order valence-corrected chi connectivity index (χ2v) is 6.59. The molecule has 1 aliphatic rings. The minimum Gasteiger partial charge on any atom is -0.389 e. The summed E-state index contributed by atoms with van der Waals surface area (Å²) in [6.45, 7) is 10.1. The second-order valence-electron chi connectivity index (χ2n) is 6.59. The van der Waals surface area contributed by atoms with Crippen molar-refractivity contribution < 1.29 is 9.84 Å². The van der Waals surface area contributed by atoms with Crippen LogP contribution < -0.4 is 5.32 Å². The molecular weight excluding hydrogens is 250 g/mol. The van der Waals surface area contributed by atoms with Crippen molar-refractivity contribution in [3.8, 4) is 0 Å². The van der Waals surface area contributed by atoms with Crippen LogP contribution in [0.2, 0.25) is 0 Å². The smallest absolute Gasteiger partial charge is 0.0898 e. The molecule has 1 fully saturated rings. The quantitative estimate of drug-likeness (QED) is 0.681. The van der Waals surface area contributed by atoms with Gasteiger partial charge in [-0.3, -0.25) is 0 Å². The van der Waals surface area contributed by atoms with E-state index in [1.807, 2.05) is 0 Å². The first kappa shape index (κ1) is 17.9.